The van der Waals surface area contributed by atoms with Crippen LogP contribution in [0.4, 0.5) is 13.2 Å². The number of imidazole rings is 1. The summed E-state index contributed by atoms with van der Waals surface area (Å²) >= 11 is 7.23. The highest BCUT2D eigenvalue weighted by Gasteiger charge is 2.31. The Bertz CT molecular complexity index is 1290. The van der Waals surface area contributed by atoms with Crippen LogP contribution in [0.25, 0.3) is 21.9 Å². The van der Waals surface area contributed by atoms with Gasteiger partial charge in [0, 0.05) is 28.2 Å². The van der Waals surface area contributed by atoms with E-state index in [1.807, 2.05) is 6.92 Å². The van der Waals surface area contributed by atoms with Gasteiger partial charge in [-0.1, -0.05) is 23.4 Å². The van der Waals surface area contributed by atoms with Gasteiger partial charge in [-0.2, -0.15) is 0 Å². The summed E-state index contributed by atoms with van der Waals surface area (Å²) in [4.78, 5) is 22.9. The molecule has 4 rings (SSSR count). The molecule has 0 saturated carbocycles. The van der Waals surface area contributed by atoms with Crippen molar-refractivity contribution in [1.82, 2.24) is 20.3 Å². The van der Waals surface area contributed by atoms with Gasteiger partial charge in [-0.25, -0.2) is 4.98 Å². The minimum absolute atomic E-state index is 0.171. The highest BCUT2D eigenvalue weighted by atomic mass is 35.5. The van der Waals surface area contributed by atoms with E-state index < -0.39 is 6.36 Å². The number of aromatic amines is 2. The number of amides is 1. The lowest BCUT2D eigenvalue weighted by atomic mass is 10.1. The number of carbonyl (C=O) groups is 1. The lowest BCUT2D eigenvalue weighted by Crippen LogP contribution is -2.27. The number of ether oxygens (including phenoxy) is 1. The number of alkyl halides is 3. The molecule has 0 atom stereocenters. The maximum atomic E-state index is 12.5. The molecule has 2 heterocycles. The maximum absolute atomic E-state index is 12.5. The Hall–Kier alpha value is -2.85. The van der Waals surface area contributed by atoms with Gasteiger partial charge in [0.1, 0.15) is 5.75 Å². The SMILES string of the molecule is Cc1[nH]c2ccc(OC(F)(F)F)cc2c1CCNC(=O)CSc1nc2ccc(Cl)cc2[nH]1. The van der Waals surface area contributed by atoms with Gasteiger partial charge < -0.3 is 20.0 Å². The lowest BCUT2D eigenvalue weighted by molar-refractivity contribution is -0.274. The molecule has 0 saturated heterocycles. The number of nitrogens with zero attached hydrogens (tertiary/aromatic N) is 1. The number of H-pyrrole nitrogens is 2. The van der Waals surface area contributed by atoms with Gasteiger partial charge in [-0.05, 0) is 55.3 Å². The molecule has 0 aliphatic rings. The van der Waals surface area contributed by atoms with Crippen LogP contribution in [0.15, 0.2) is 41.6 Å². The molecule has 168 valence electrons. The summed E-state index contributed by atoms with van der Waals surface area (Å²) < 4.78 is 41.6. The topological polar surface area (TPSA) is 82.8 Å². The molecule has 1 amide bonds. The van der Waals surface area contributed by atoms with Crippen molar-refractivity contribution in [2.24, 2.45) is 0 Å². The maximum Gasteiger partial charge on any atom is 0.573 e. The van der Waals surface area contributed by atoms with Crippen molar-refractivity contribution in [3.05, 3.63) is 52.7 Å². The van der Waals surface area contributed by atoms with Crippen LogP contribution in [0.2, 0.25) is 5.02 Å². The number of aryl methyl sites for hydroxylation is 1. The molecule has 0 aliphatic carbocycles. The van der Waals surface area contributed by atoms with Crippen LogP contribution < -0.4 is 10.1 Å². The average Bonchev–Trinajstić information content (AvgIpc) is 3.25. The van der Waals surface area contributed by atoms with Crippen LogP contribution in [-0.2, 0) is 11.2 Å². The number of fused-ring (bicyclic) bond motifs is 2. The normalized spacial score (nSPS) is 11.9. The van der Waals surface area contributed by atoms with E-state index in [9.17, 15) is 18.0 Å². The van der Waals surface area contributed by atoms with E-state index in [2.05, 4.69) is 25.0 Å². The molecule has 3 N–H and O–H groups in total. The van der Waals surface area contributed by atoms with Gasteiger partial charge >= 0.3 is 6.36 Å². The Morgan fingerprint density at radius 3 is 2.78 bits per heavy atom. The molecule has 11 heteroatoms. The molecule has 0 unspecified atom stereocenters. The molecule has 0 aliphatic heterocycles. The number of rotatable bonds is 7. The summed E-state index contributed by atoms with van der Waals surface area (Å²) in [5.74, 6) is -0.283. The summed E-state index contributed by atoms with van der Waals surface area (Å²) in [7, 11) is 0. The van der Waals surface area contributed by atoms with E-state index in [0.717, 1.165) is 22.3 Å². The first-order valence-electron chi connectivity index (χ1n) is 9.60. The van der Waals surface area contributed by atoms with Crippen molar-refractivity contribution in [1.29, 1.82) is 0 Å². The van der Waals surface area contributed by atoms with Crippen molar-refractivity contribution in [3.8, 4) is 5.75 Å². The molecular formula is C21H18ClF3N4O2S. The molecule has 0 radical (unpaired) electrons. The number of nitrogens with one attached hydrogen (secondary N) is 3. The van der Waals surface area contributed by atoms with E-state index in [1.54, 1.807) is 24.3 Å². The second-order valence-corrected chi connectivity index (χ2v) is 8.48. The van der Waals surface area contributed by atoms with Crippen molar-refractivity contribution in [3.63, 3.8) is 0 Å². The highest BCUT2D eigenvalue weighted by Crippen LogP contribution is 2.30. The van der Waals surface area contributed by atoms with Gasteiger partial charge in [0.25, 0.3) is 0 Å². The molecule has 0 fully saturated rings. The number of hydrogen-bond acceptors (Lipinski definition) is 4. The fourth-order valence-electron chi connectivity index (χ4n) is 3.42. The average molecular weight is 483 g/mol. The number of hydrogen-bond donors (Lipinski definition) is 3. The number of thioether (sulfide) groups is 1. The number of halogens is 4. The van der Waals surface area contributed by atoms with Crippen LogP contribution in [0.5, 0.6) is 5.75 Å². The largest absolute Gasteiger partial charge is 0.573 e. The monoisotopic (exact) mass is 482 g/mol. The minimum Gasteiger partial charge on any atom is -0.406 e. The zero-order valence-corrected chi connectivity index (χ0v) is 18.3. The van der Waals surface area contributed by atoms with Crippen molar-refractivity contribution >= 4 is 51.2 Å². The number of benzene rings is 2. The molecule has 0 spiro atoms. The van der Waals surface area contributed by atoms with E-state index in [-0.39, 0.29) is 17.4 Å². The van der Waals surface area contributed by atoms with Crippen LogP contribution in [0.1, 0.15) is 11.3 Å². The fraction of sp³-hybridized carbons (Fsp3) is 0.238. The summed E-state index contributed by atoms with van der Waals surface area (Å²) in [6, 6.07) is 9.48. The fourth-order valence-corrected chi connectivity index (χ4v) is 4.31. The van der Waals surface area contributed by atoms with Crippen LogP contribution in [-0.4, -0.2) is 39.5 Å². The summed E-state index contributed by atoms with van der Waals surface area (Å²) in [5, 5.41) is 4.67. The number of aromatic nitrogens is 3. The molecule has 0 bridgehead atoms. The predicted octanol–water partition coefficient (Wildman–Crippen LogP) is 5.36. The second kappa shape index (κ2) is 8.95. The molecule has 2 aromatic carbocycles. The third kappa shape index (κ3) is 5.31. The Morgan fingerprint density at radius 1 is 1.19 bits per heavy atom. The van der Waals surface area contributed by atoms with Crippen molar-refractivity contribution in [2.75, 3.05) is 12.3 Å². The molecule has 6 nitrogen and oxygen atoms in total. The first-order chi connectivity index (χ1) is 15.2. The molecular weight excluding hydrogens is 465 g/mol. The Kier molecular flexibility index (Phi) is 6.25. The molecule has 4 aromatic rings. The van der Waals surface area contributed by atoms with E-state index in [0.29, 0.717) is 34.0 Å². The van der Waals surface area contributed by atoms with Gasteiger partial charge in [-0.15, -0.1) is 13.2 Å². The standard InChI is InChI=1S/C21H18ClF3N4O2S/c1-11-14(15-9-13(31-21(23,24)25)3-5-16(15)27-11)6-7-26-19(30)10-32-20-28-17-4-2-12(22)8-18(17)29-20/h2-5,8-9,27H,6-7,10H2,1H3,(H,26,30)(H,28,29). The highest BCUT2D eigenvalue weighted by molar-refractivity contribution is 7.99. The third-order valence-electron chi connectivity index (χ3n) is 4.78. The van der Waals surface area contributed by atoms with Crippen molar-refractivity contribution < 1.29 is 22.7 Å². The van der Waals surface area contributed by atoms with E-state index in [1.165, 1.54) is 23.9 Å². The Balaban J connectivity index is 1.34. The van der Waals surface area contributed by atoms with Crippen LogP contribution >= 0.6 is 23.4 Å². The van der Waals surface area contributed by atoms with Gasteiger partial charge in [0.2, 0.25) is 5.91 Å². The van der Waals surface area contributed by atoms with E-state index >= 15 is 0 Å². The minimum atomic E-state index is -4.75. The van der Waals surface area contributed by atoms with Crippen LogP contribution in [0.3, 0.4) is 0 Å². The Morgan fingerprint density at radius 2 is 2.00 bits per heavy atom. The zero-order chi connectivity index (χ0) is 22.9. The third-order valence-corrected chi connectivity index (χ3v) is 5.89. The number of carbonyl (C=O) groups excluding carboxylic acids is 1. The summed E-state index contributed by atoms with van der Waals surface area (Å²) in [6.07, 6.45) is -4.29. The Labute approximate surface area is 189 Å². The van der Waals surface area contributed by atoms with Crippen LogP contribution in [0, 0.1) is 6.92 Å². The predicted molar refractivity (Wildman–Crippen MR) is 118 cm³/mol. The second-order valence-electron chi connectivity index (χ2n) is 7.08. The zero-order valence-electron chi connectivity index (χ0n) is 16.8. The lowest BCUT2D eigenvalue weighted by Gasteiger charge is -2.09. The van der Waals surface area contributed by atoms with Gasteiger partial charge in [0.15, 0.2) is 5.16 Å². The molecule has 32 heavy (non-hydrogen) atoms. The van der Waals surface area contributed by atoms with Gasteiger partial charge in [-0.3, -0.25) is 4.79 Å². The first kappa shape index (κ1) is 22.3. The van der Waals surface area contributed by atoms with E-state index in [4.69, 9.17) is 11.6 Å². The first-order valence-corrected chi connectivity index (χ1v) is 11.0. The summed E-state index contributed by atoms with van der Waals surface area (Å²) in [5.41, 5.74) is 3.92. The van der Waals surface area contributed by atoms with Gasteiger partial charge in [0.05, 0.1) is 16.8 Å². The quantitative estimate of drug-likeness (QED) is 0.310. The smallest absolute Gasteiger partial charge is 0.406 e. The molecule has 2 aromatic heterocycles. The van der Waals surface area contributed by atoms with Crippen molar-refractivity contribution in [2.45, 2.75) is 24.9 Å². The summed E-state index contributed by atoms with van der Waals surface area (Å²) in [6.45, 7) is 2.18.